The van der Waals surface area contributed by atoms with Crippen LogP contribution in [0.4, 0.5) is 0 Å². The number of nitrogens with zero attached hydrogens (tertiary/aromatic N) is 3. The molecule has 22 heavy (non-hydrogen) atoms. The van der Waals surface area contributed by atoms with Crippen LogP contribution in [0.1, 0.15) is 12.6 Å². The Hall–Kier alpha value is -2.95. The van der Waals surface area contributed by atoms with Crippen LogP contribution in [-0.2, 0) is 9.53 Å². The molecule has 0 aliphatic carbocycles. The minimum Gasteiger partial charge on any atom is -0.463 e. The number of esters is 1. The van der Waals surface area contributed by atoms with Crippen molar-refractivity contribution in [2.75, 3.05) is 6.61 Å². The lowest BCUT2D eigenvalue weighted by molar-refractivity contribution is -0.137. The molecule has 0 unspecified atom stereocenters. The Labute approximate surface area is 127 Å². The molecule has 5 nitrogen and oxygen atoms in total. The van der Waals surface area contributed by atoms with Gasteiger partial charge in [0.05, 0.1) is 17.8 Å². The van der Waals surface area contributed by atoms with Gasteiger partial charge in [0.2, 0.25) is 5.95 Å². The topological polar surface area (TPSA) is 57.0 Å². The first kappa shape index (κ1) is 14.0. The summed E-state index contributed by atoms with van der Waals surface area (Å²) in [5.74, 6) is 0.195. The van der Waals surface area contributed by atoms with Gasteiger partial charge in [0, 0.05) is 23.9 Å². The van der Waals surface area contributed by atoms with E-state index in [0.29, 0.717) is 12.6 Å². The molecule has 110 valence electrons. The van der Waals surface area contributed by atoms with Gasteiger partial charge in [-0.3, -0.25) is 4.57 Å². The first-order chi connectivity index (χ1) is 10.8. The predicted molar refractivity (Wildman–Crippen MR) is 84.5 cm³/mol. The van der Waals surface area contributed by atoms with E-state index in [4.69, 9.17) is 4.74 Å². The van der Waals surface area contributed by atoms with Gasteiger partial charge in [0.25, 0.3) is 0 Å². The zero-order valence-corrected chi connectivity index (χ0v) is 12.1. The van der Waals surface area contributed by atoms with E-state index in [1.807, 2.05) is 34.9 Å². The average molecular weight is 293 g/mol. The Morgan fingerprint density at radius 2 is 2.00 bits per heavy atom. The van der Waals surface area contributed by atoms with Crippen LogP contribution in [-0.4, -0.2) is 27.1 Å². The lowest BCUT2D eigenvalue weighted by Crippen LogP contribution is -2.03. The summed E-state index contributed by atoms with van der Waals surface area (Å²) < 4.78 is 6.82. The van der Waals surface area contributed by atoms with Crippen molar-refractivity contribution >= 4 is 22.9 Å². The number of fused-ring (bicyclic) bond motifs is 1. The second-order valence-corrected chi connectivity index (χ2v) is 4.60. The van der Waals surface area contributed by atoms with E-state index in [-0.39, 0.29) is 5.97 Å². The number of para-hydroxylation sites is 1. The van der Waals surface area contributed by atoms with Gasteiger partial charge in [-0.15, -0.1) is 0 Å². The van der Waals surface area contributed by atoms with Gasteiger partial charge >= 0.3 is 5.97 Å². The molecule has 0 N–H and O–H groups in total. The van der Waals surface area contributed by atoms with Crippen LogP contribution < -0.4 is 0 Å². The molecule has 5 heteroatoms. The average Bonchev–Trinajstić information content (AvgIpc) is 2.92. The Kier molecular flexibility index (Phi) is 3.96. The minimum atomic E-state index is -0.367. The highest BCUT2D eigenvalue weighted by Crippen LogP contribution is 2.23. The highest BCUT2D eigenvalue weighted by atomic mass is 16.5. The number of hydrogen-bond donors (Lipinski definition) is 0. The zero-order chi connectivity index (χ0) is 15.4. The summed E-state index contributed by atoms with van der Waals surface area (Å²) in [6.07, 6.45) is 6.51. The van der Waals surface area contributed by atoms with Crippen molar-refractivity contribution in [2.24, 2.45) is 0 Å². The van der Waals surface area contributed by atoms with Crippen LogP contribution >= 0.6 is 0 Å². The van der Waals surface area contributed by atoms with Crippen LogP contribution in [0.2, 0.25) is 0 Å². The quantitative estimate of drug-likeness (QED) is 0.548. The van der Waals surface area contributed by atoms with Crippen molar-refractivity contribution in [2.45, 2.75) is 6.92 Å². The number of carbonyl (C=O) groups excluding carboxylic acids is 1. The van der Waals surface area contributed by atoms with Gasteiger partial charge in [-0.2, -0.15) is 0 Å². The third-order valence-electron chi connectivity index (χ3n) is 3.17. The Morgan fingerprint density at radius 1 is 1.23 bits per heavy atom. The maximum atomic E-state index is 11.5. The van der Waals surface area contributed by atoms with Crippen molar-refractivity contribution in [1.82, 2.24) is 14.5 Å². The number of carbonyl (C=O) groups is 1. The maximum absolute atomic E-state index is 11.5. The molecule has 0 atom stereocenters. The van der Waals surface area contributed by atoms with Crippen molar-refractivity contribution in [3.8, 4) is 5.95 Å². The summed E-state index contributed by atoms with van der Waals surface area (Å²) >= 11 is 0. The maximum Gasteiger partial charge on any atom is 0.330 e. The second-order valence-electron chi connectivity index (χ2n) is 4.60. The van der Waals surface area contributed by atoms with Crippen LogP contribution in [0.3, 0.4) is 0 Å². The van der Waals surface area contributed by atoms with E-state index in [0.717, 1.165) is 16.6 Å². The minimum absolute atomic E-state index is 0.355. The lowest BCUT2D eigenvalue weighted by atomic mass is 10.2. The van der Waals surface area contributed by atoms with E-state index in [1.54, 1.807) is 31.5 Å². The van der Waals surface area contributed by atoms with Crippen LogP contribution in [0.15, 0.2) is 54.9 Å². The molecule has 3 rings (SSSR count). The molecule has 2 aromatic heterocycles. The van der Waals surface area contributed by atoms with Crippen molar-refractivity contribution < 1.29 is 9.53 Å². The van der Waals surface area contributed by atoms with Gasteiger partial charge in [0.15, 0.2) is 0 Å². The van der Waals surface area contributed by atoms with Crippen molar-refractivity contribution in [3.63, 3.8) is 0 Å². The first-order valence-electron chi connectivity index (χ1n) is 7.02. The van der Waals surface area contributed by atoms with E-state index >= 15 is 0 Å². The normalized spacial score (nSPS) is 11.1. The summed E-state index contributed by atoms with van der Waals surface area (Å²) in [6.45, 7) is 2.13. The number of hydrogen-bond acceptors (Lipinski definition) is 4. The molecule has 0 saturated heterocycles. The molecule has 2 heterocycles. The molecule has 3 aromatic rings. The molecule has 1 aromatic carbocycles. The largest absolute Gasteiger partial charge is 0.463 e. The van der Waals surface area contributed by atoms with Crippen LogP contribution in [0.5, 0.6) is 0 Å². The lowest BCUT2D eigenvalue weighted by Gasteiger charge is -2.05. The third kappa shape index (κ3) is 2.74. The molecular formula is C17H15N3O2. The highest BCUT2D eigenvalue weighted by Gasteiger charge is 2.10. The van der Waals surface area contributed by atoms with E-state index in [2.05, 4.69) is 9.97 Å². The SMILES string of the molecule is CCOC(=O)/C=C/c1cc2ccccc2n1-c1ncccn1. The van der Waals surface area contributed by atoms with Crippen molar-refractivity contribution in [3.05, 3.63) is 60.6 Å². The van der Waals surface area contributed by atoms with Crippen molar-refractivity contribution in [1.29, 1.82) is 0 Å². The Balaban J connectivity index is 2.11. The molecule has 0 spiro atoms. The van der Waals surface area contributed by atoms with E-state index < -0.39 is 0 Å². The summed E-state index contributed by atoms with van der Waals surface area (Å²) in [5, 5.41) is 1.05. The third-order valence-corrected chi connectivity index (χ3v) is 3.17. The molecule has 0 bridgehead atoms. The summed E-state index contributed by atoms with van der Waals surface area (Å²) in [5.41, 5.74) is 1.80. The zero-order valence-electron chi connectivity index (χ0n) is 12.1. The van der Waals surface area contributed by atoms with Gasteiger partial charge in [-0.05, 0) is 31.2 Å². The molecule has 0 radical (unpaired) electrons. The predicted octanol–water partition coefficient (Wildman–Crippen LogP) is 3.00. The summed E-state index contributed by atoms with van der Waals surface area (Å²) in [4.78, 5) is 20.1. The summed E-state index contributed by atoms with van der Waals surface area (Å²) in [7, 11) is 0. The van der Waals surface area contributed by atoms with E-state index in [1.165, 1.54) is 6.08 Å². The van der Waals surface area contributed by atoms with Gasteiger partial charge in [-0.25, -0.2) is 14.8 Å². The van der Waals surface area contributed by atoms with E-state index in [9.17, 15) is 4.79 Å². The molecule has 0 saturated carbocycles. The number of ether oxygens (including phenoxy) is 1. The van der Waals surface area contributed by atoms with Crippen LogP contribution in [0.25, 0.3) is 22.9 Å². The molecular weight excluding hydrogens is 278 g/mol. The standard InChI is InChI=1S/C17H15N3O2/c1-2-22-16(21)9-8-14-12-13-6-3-4-7-15(13)20(14)17-18-10-5-11-19-17/h3-12H,2H2,1H3/b9-8+. The fraction of sp³-hybridized carbons (Fsp3) is 0.118. The van der Waals surface area contributed by atoms with Gasteiger partial charge in [0.1, 0.15) is 0 Å². The summed E-state index contributed by atoms with van der Waals surface area (Å²) in [6, 6.07) is 11.7. The highest BCUT2D eigenvalue weighted by molar-refractivity contribution is 5.90. The molecule has 0 aliphatic rings. The number of rotatable bonds is 4. The fourth-order valence-corrected chi connectivity index (χ4v) is 2.27. The molecule has 0 aliphatic heterocycles. The fourth-order valence-electron chi connectivity index (χ4n) is 2.27. The second kappa shape index (κ2) is 6.22. The number of aromatic nitrogens is 3. The first-order valence-corrected chi connectivity index (χ1v) is 7.02. The van der Waals surface area contributed by atoms with Gasteiger partial charge in [-0.1, -0.05) is 18.2 Å². The molecule has 0 fully saturated rings. The smallest absolute Gasteiger partial charge is 0.330 e. The monoisotopic (exact) mass is 293 g/mol. The number of benzene rings is 1. The van der Waals surface area contributed by atoms with Crippen LogP contribution in [0, 0.1) is 0 Å². The Morgan fingerprint density at radius 3 is 2.77 bits per heavy atom. The molecule has 0 amide bonds. The Bertz CT molecular complexity index is 822. The van der Waals surface area contributed by atoms with Gasteiger partial charge < -0.3 is 4.74 Å².